The van der Waals surface area contributed by atoms with Crippen LogP contribution in [0.4, 0.5) is 16.6 Å². The number of hydrogen-bond donors (Lipinski definition) is 2. The first-order chi connectivity index (χ1) is 21.4. The Bertz CT molecular complexity index is 1710. The van der Waals surface area contributed by atoms with Gasteiger partial charge in [0.25, 0.3) is 0 Å². The van der Waals surface area contributed by atoms with Crippen molar-refractivity contribution >= 4 is 39.0 Å². The number of rotatable bonds is 7. The number of likely N-dealkylation sites (N-methyl/N-ethyl adjacent to an activating group) is 1. The molecule has 0 spiro atoms. The van der Waals surface area contributed by atoms with Gasteiger partial charge in [0.15, 0.2) is 10.8 Å². The molecule has 0 atom stereocenters. The van der Waals surface area contributed by atoms with E-state index in [1.54, 1.807) is 17.7 Å². The maximum absolute atomic E-state index is 6.45. The first-order valence-electron chi connectivity index (χ1n) is 15.8. The van der Waals surface area contributed by atoms with Crippen LogP contribution in [-0.2, 0) is 0 Å². The number of nitrogens with zero attached hydrogens (tertiary/aromatic N) is 7. The third-order valence-corrected chi connectivity index (χ3v) is 10.5. The van der Waals surface area contributed by atoms with E-state index < -0.39 is 0 Å². The maximum Gasteiger partial charge on any atom is 0.187 e. The van der Waals surface area contributed by atoms with E-state index >= 15 is 0 Å². The van der Waals surface area contributed by atoms with Crippen LogP contribution in [0, 0.1) is 0 Å². The molecule has 5 aromatic rings. The van der Waals surface area contributed by atoms with Gasteiger partial charge in [0.1, 0.15) is 17.8 Å². The summed E-state index contributed by atoms with van der Waals surface area (Å²) in [5.41, 5.74) is 12.3. The van der Waals surface area contributed by atoms with Crippen molar-refractivity contribution in [3.8, 4) is 22.5 Å². The number of anilines is 3. The molecular weight excluding hydrogens is 567 g/mol. The summed E-state index contributed by atoms with van der Waals surface area (Å²) in [7, 11) is 2.22. The van der Waals surface area contributed by atoms with Gasteiger partial charge in [-0.3, -0.25) is 4.90 Å². The second-order valence-corrected chi connectivity index (χ2v) is 13.5. The van der Waals surface area contributed by atoms with Crippen LogP contribution < -0.4 is 11.1 Å². The summed E-state index contributed by atoms with van der Waals surface area (Å²) in [6.45, 7) is 9.10. The molecular formula is C34H41N9S. The molecule has 9 nitrogen and oxygen atoms in total. The Morgan fingerprint density at radius 1 is 0.841 bits per heavy atom. The summed E-state index contributed by atoms with van der Waals surface area (Å²) in [6, 6.07) is 19.7. The number of benzene rings is 2. The molecule has 2 aliphatic rings. The van der Waals surface area contributed by atoms with Crippen LogP contribution >= 0.6 is 11.3 Å². The molecule has 0 radical (unpaired) electrons. The van der Waals surface area contributed by atoms with E-state index in [-0.39, 0.29) is 0 Å². The zero-order valence-corrected chi connectivity index (χ0v) is 26.6. The van der Waals surface area contributed by atoms with Crippen molar-refractivity contribution in [3.05, 3.63) is 65.8 Å². The predicted octanol–water partition coefficient (Wildman–Crippen LogP) is 6.80. The average Bonchev–Trinajstić information content (AvgIpc) is 3.66. The lowest BCUT2D eigenvalue weighted by molar-refractivity contribution is 0.0815. The molecule has 3 aromatic heterocycles. The van der Waals surface area contributed by atoms with Crippen LogP contribution in [-0.4, -0.2) is 73.8 Å². The lowest BCUT2D eigenvalue weighted by atomic mass is 9.90. The summed E-state index contributed by atoms with van der Waals surface area (Å²) < 4.78 is 2.13. The highest BCUT2D eigenvalue weighted by Gasteiger charge is 2.30. The number of fused-ring (bicyclic) bond motifs is 1. The van der Waals surface area contributed by atoms with Gasteiger partial charge in [-0.15, -0.1) is 11.3 Å². The van der Waals surface area contributed by atoms with Crippen molar-refractivity contribution in [2.45, 2.75) is 57.5 Å². The van der Waals surface area contributed by atoms with Gasteiger partial charge < -0.3 is 16.0 Å². The van der Waals surface area contributed by atoms with E-state index in [1.165, 1.54) is 30.8 Å². The Labute approximate surface area is 263 Å². The molecule has 44 heavy (non-hydrogen) atoms. The smallest absolute Gasteiger partial charge is 0.187 e. The highest BCUT2D eigenvalue weighted by atomic mass is 32.1. The Morgan fingerprint density at radius 2 is 1.52 bits per heavy atom. The van der Waals surface area contributed by atoms with Crippen molar-refractivity contribution in [1.29, 1.82) is 0 Å². The zero-order chi connectivity index (χ0) is 30.2. The number of aromatic nitrogens is 5. The van der Waals surface area contributed by atoms with Crippen molar-refractivity contribution in [2.24, 2.45) is 0 Å². The third kappa shape index (κ3) is 5.69. The first kappa shape index (κ1) is 28.9. The molecule has 7 rings (SSSR count). The van der Waals surface area contributed by atoms with Crippen LogP contribution in [0.15, 0.2) is 60.9 Å². The lowest BCUT2D eigenvalue weighted by Gasteiger charge is -2.41. The Morgan fingerprint density at radius 3 is 2.23 bits per heavy atom. The summed E-state index contributed by atoms with van der Waals surface area (Å²) >= 11 is 1.71. The SMILES string of the molecule is CC(C)c1sc(Nc2ccc(-c3nn(C4CCC(N5CCN(C)CC5)CC4)c4ncnc(N)c34)cc2)nc1-c1ccccc1. The van der Waals surface area contributed by atoms with Crippen LogP contribution in [0.1, 0.15) is 56.4 Å². The fourth-order valence-corrected chi connectivity index (χ4v) is 7.73. The Balaban J connectivity index is 1.11. The van der Waals surface area contributed by atoms with Crippen molar-refractivity contribution in [1.82, 2.24) is 34.5 Å². The molecule has 1 saturated carbocycles. The highest BCUT2D eigenvalue weighted by molar-refractivity contribution is 7.16. The molecule has 1 aliphatic heterocycles. The van der Waals surface area contributed by atoms with Gasteiger partial charge in [-0.25, -0.2) is 19.6 Å². The summed E-state index contributed by atoms with van der Waals surface area (Å²) in [5.74, 6) is 0.862. The maximum atomic E-state index is 6.45. The van der Waals surface area contributed by atoms with Crippen LogP contribution in [0.3, 0.4) is 0 Å². The van der Waals surface area contributed by atoms with Crippen LogP contribution in [0.5, 0.6) is 0 Å². The van der Waals surface area contributed by atoms with Gasteiger partial charge in [0.2, 0.25) is 0 Å². The second kappa shape index (κ2) is 12.3. The quantitative estimate of drug-likeness (QED) is 0.208. The molecule has 1 saturated heterocycles. The van der Waals surface area contributed by atoms with Crippen molar-refractivity contribution in [2.75, 3.05) is 44.3 Å². The lowest BCUT2D eigenvalue weighted by Crippen LogP contribution is -2.49. The van der Waals surface area contributed by atoms with E-state index in [0.717, 1.165) is 70.3 Å². The largest absolute Gasteiger partial charge is 0.383 e. The van der Waals surface area contributed by atoms with Crippen molar-refractivity contribution in [3.63, 3.8) is 0 Å². The monoisotopic (exact) mass is 607 g/mol. The van der Waals surface area contributed by atoms with Gasteiger partial charge >= 0.3 is 0 Å². The van der Waals surface area contributed by atoms with Gasteiger partial charge in [0, 0.05) is 53.9 Å². The number of hydrogen-bond acceptors (Lipinski definition) is 9. The molecule has 10 heteroatoms. The molecule has 4 heterocycles. The van der Waals surface area contributed by atoms with E-state index in [0.29, 0.717) is 23.8 Å². The van der Waals surface area contributed by atoms with Gasteiger partial charge in [-0.05, 0) is 50.8 Å². The molecule has 2 aromatic carbocycles. The average molecular weight is 608 g/mol. The normalized spacial score (nSPS) is 20.0. The fraction of sp³-hybridized carbons (Fsp3) is 0.412. The second-order valence-electron chi connectivity index (χ2n) is 12.5. The molecule has 228 valence electrons. The number of piperazine rings is 1. The Kier molecular flexibility index (Phi) is 8.05. The third-order valence-electron chi connectivity index (χ3n) is 9.22. The standard InChI is InChI=1S/C34H41N9S/c1-22(2)31-30(23-7-5-4-6-8-23)39-34(44-31)38-25-11-9-24(10-12-25)29-28-32(35)36-21-37-33(28)43(40-29)27-15-13-26(14-16-27)42-19-17-41(3)18-20-42/h4-12,21-22,26-27H,13-20H2,1-3H3,(H,38,39)(H2,35,36,37). The summed E-state index contributed by atoms with van der Waals surface area (Å²) in [6.07, 6.45) is 6.13. The van der Waals surface area contributed by atoms with Crippen molar-refractivity contribution < 1.29 is 0 Å². The molecule has 0 unspecified atom stereocenters. The summed E-state index contributed by atoms with van der Waals surface area (Å²) in [5, 5.41) is 10.4. The highest BCUT2D eigenvalue weighted by Crippen LogP contribution is 2.39. The van der Waals surface area contributed by atoms with E-state index in [9.17, 15) is 0 Å². The number of nitrogen functional groups attached to an aromatic ring is 1. The van der Waals surface area contributed by atoms with E-state index in [4.69, 9.17) is 15.8 Å². The zero-order valence-electron chi connectivity index (χ0n) is 25.8. The van der Waals surface area contributed by atoms with E-state index in [2.05, 4.69) is 99.2 Å². The minimum Gasteiger partial charge on any atom is -0.383 e. The van der Waals surface area contributed by atoms with Gasteiger partial charge in [-0.2, -0.15) is 5.10 Å². The Hall–Kier alpha value is -3.86. The van der Waals surface area contributed by atoms with Crippen LogP contribution in [0.25, 0.3) is 33.5 Å². The van der Waals surface area contributed by atoms with Gasteiger partial charge in [-0.1, -0.05) is 56.3 Å². The fourth-order valence-electron chi connectivity index (χ4n) is 6.72. The minimum absolute atomic E-state index is 0.309. The molecule has 0 bridgehead atoms. The van der Waals surface area contributed by atoms with Gasteiger partial charge in [0.05, 0.1) is 17.1 Å². The first-order valence-corrected chi connectivity index (χ1v) is 16.6. The number of thiazole rings is 1. The number of nitrogens with two attached hydrogens (primary N) is 1. The van der Waals surface area contributed by atoms with E-state index in [1.807, 2.05) is 6.07 Å². The topological polar surface area (TPSA) is 101 Å². The predicted molar refractivity (Wildman–Crippen MR) is 180 cm³/mol. The molecule has 1 aliphatic carbocycles. The summed E-state index contributed by atoms with van der Waals surface area (Å²) in [4.78, 5) is 20.4. The molecule has 3 N–H and O–H groups in total. The minimum atomic E-state index is 0.309. The molecule has 2 fully saturated rings. The van der Waals surface area contributed by atoms with Crippen LogP contribution in [0.2, 0.25) is 0 Å². The molecule has 0 amide bonds. The number of nitrogens with one attached hydrogen (secondary N) is 1.